The quantitative estimate of drug-likeness (QED) is 0.0169. The molecule has 0 aromatic heterocycles. The molecule has 0 saturated carbocycles. The van der Waals surface area contributed by atoms with E-state index in [0.29, 0.717) is 38.5 Å². The van der Waals surface area contributed by atoms with Crippen molar-refractivity contribution in [3.8, 4) is 0 Å². The van der Waals surface area contributed by atoms with Gasteiger partial charge in [0.25, 0.3) is 0 Å². The zero-order valence-corrected chi connectivity index (χ0v) is 68.5. The van der Waals surface area contributed by atoms with E-state index in [9.17, 15) is 43.2 Å². The summed E-state index contributed by atoms with van der Waals surface area (Å²) < 4.78 is 68.6. The summed E-state index contributed by atoms with van der Waals surface area (Å²) in [5.74, 6) is -2.35. The van der Waals surface area contributed by atoms with Crippen LogP contribution in [0.2, 0.25) is 0 Å². The van der Waals surface area contributed by atoms with Gasteiger partial charge < -0.3 is 33.8 Å². The SMILES string of the molecule is CC/C=C\C/C=C\C/C=C\C/C=C\C/C=C\CCCC(=O)OCC(COP(=O)(O)OCC(O)COP(=O)(O)OCC(COC(=O)CCCCCCCC/C=C\C/C=C\C/C=C\CCCCC)OC(=O)CCCCCC/C=C\C/C=C\C/C=C\C/C=C\CC)OC(=O)CCCC/C=C\C/C=C\C/C=C\C/C=C\CC. The third kappa shape index (κ3) is 78.0. The number of hydrogen-bond acceptors (Lipinski definition) is 15. The fraction of sp³-hybridized carbons (Fsp3) is 0.596. The van der Waals surface area contributed by atoms with Crippen molar-refractivity contribution in [1.82, 2.24) is 0 Å². The summed E-state index contributed by atoms with van der Waals surface area (Å²) in [5, 5.41) is 10.7. The molecule has 19 heteroatoms. The van der Waals surface area contributed by atoms with Crippen LogP contribution in [-0.2, 0) is 65.4 Å². The van der Waals surface area contributed by atoms with E-state index in [0.717, 1.165) is 173 Å². The Balaban J connectivity index is 5.51. The number of hydrogen-bond donors (Lipinski definition) is 3. The number of rotatable bonds is 74. The Kier molecular flexibility index (Phi) is 74.5. The average molecular weight is 1550 g/mol. The number of allylic oxidation sites excluding steroid dienone is 32. The predicted octanol–water partition coefficient (Wildman–Crippen LogP) is 24.1. The molecule has 0 saturated heterocycles. The van der Waals surface area contributed by atoms with Crippen molar-refractivity contribution in [2.45, 2.75) is 303 Å². The molecule has 5 unspecified atom stereocenters. The number of ether oxygens (including phenoxy) is 4. The molecule has 610 valence electrons. The molecule has 5 atom stereocenters. The van der Waals surface area contributed by atoms with E-state index in [1.54, 1.807) is 0 Å². The van der Waals surface area contributed by atoms with Crippen molar-refractivity contribution in [1.29, 1.82) is 0 Å². The van der Waals surface area contributed by atoms with Crippen molar-refractivity contribution in [3.05, 3.63) is 194 Å². The highest BCUT2D eigenvalue weighted by atomic mass is 31.2. The number of esters is 4. The summed E-state index contributed by atoms with van der Waals surface area (Å²) in [6, 6.07) is 0. The summed E-state index contributed by atoms with van der Waals surface area (Å²) in [4.78, 5) is 73.1. The first-order chi connectivity index (χ1) is 52.7. The van der Waals surface area contributed by atoms with Crippen molar-refractivity contribution < 1.29 is 80.2 Å². The van der Waals surface area contributed by atoms with Crippen LogP contribution in [0.15, 0.2) is 194 Å². The minimum Gasteiger partial charge on any atom is -0.462 e. The van der Waals surface area contributed by atoms with Crippen molar-refractivity contribution in [2.24, 2.45) is 0 Å². The third-order valence-electron chi connectivity index (χ3n) is 16.0. The maximum absolute atomic E-state index is 13.1. The molecule has 108 heavy (non-hydrogen) atoms. The summed E-state index contributed by atoms with van der Waals surface area (Å²) >= 11 is 0. The van der Waals surface area contributed by atoms with Gasteiger partial charge in [-0.2, -0.15) is 0 Å². The molecule has 0 aromatic carbocycles. The highest BCUT2D eigenvalue weighted by Crippen LogP contribution is 2.45. The molecule has 0 fully saturated rings. The monoisotopic (exact) mass is 1540 g/mol. The van der Waals surface area contributed by atoms with Crippen LogP contribution in [0, 0.1) is 0 Å². The van der Waals surface area contributed by atoms with Crippen LogP contribution < -0.4 is 0 Å². The first-order valence-electron chi connectivity index (χ1n) is 40.7. The predicted molar refractivity (Wildman–Crippen MR) is 445 cm³/mol. The van der Waals surface area contributed by atoms with Gasteiger partial charge in [-0.3, -0.25) is 37.3 Å². The van der Waals surface area contributed by atoms with Crippen LogP contribution in [0.1, 0.15) is 285 Å². The molecule has 0 aliphatic carbocycles. The van der Waals surface area contributed by atoms with Gasteiger partial charge >= 0.3 is 39.5 Å². The van der Waals surface area contributed by atoms with Gasteiger partial charge in [0, 0.05) is 25.7 Å². The largest absolute Gasteiger partial charge is 0.472 e. The van der Waals surface area contributed by atoms with E-state index in [4.69, 9.17) is 37.0 Å². The van der Waals surface area contributed by atoms with Gasteiger partial charge in [-0.1, -0.05) is 273 Å². The van der Waals surface area contributed by atoms with Crippen molar-refractivity contribution in [2.75, 3.05) is 39.6 Å². The molecule has 0 rings (SSSR count). The van der Waals surface area contributed by atoms with Crippen LogP contribution in [0.5, 0.6) is 0 Å². The van der Waals surface area contributed by atoms with E-state index in [-0.39, 0.29) is 25.7 Å². The minimum absolute atomic E-state index is 0.0218. The molecule has 0 bridgehead atoms. The highest BCUT2D eigenvalue weighted by molar-refractivity contribution is 7.47. The molecule has 0 aromatic rings. The summed E-state index contributed by atoms with van der Waals surface area (Å²) in [6.45, 7) is 4.33. The van der Waals surface area contributed by atoms with Crippen LogP contribution in [0.3, 0.4) is 0 Å². The second-order valence-electron chi connectivity index (χ2n) is 26.2. The molecular formula is C89H142O17P2. The lowest BCUT2D eigenvalue weighted by Gasteiger charge is -2.21. The number of aliphatic hydroxyl groups excluding tert-OH is 1. The molecule has 0 amide bonds. The molecule has 0 aliphatic rings. The Hall–Kier alpha value is -6.10. The lowest BCUT2D eigenvalue weighted by atomic mass is 10.1. The van der Waals surface area contributed by atoms with Crippen LogP contribution in [0.25, 0.3) is 0 Å². The number of unbranched alkanes of at least 4 members (excludes halogenated alkanes) is 16. The van der Waals surface area contributed by atoms with E-state index in [1.165, 1.54) is 19.3 Å². The van der Waals surface area contributed by atoms with Crippen molar-refractivity contribution in [3.63, 3.8) is 0 Å². The first-order valence-corrected chi connectivity index (χ1v) is 43.7. The van der Waals surface area contributed by atoms with Crippen molar-refractivity contribution >= 4 is 39.5 Å². The van der Waals surface area contributed by atoms with Gasteiger partial charge in [0.15, 0.2) is 12.2 Å². The zero-order chi connectivity index (χ0) is 78.9. The molecule has 3 N–H and O–H groups in total. The normalized spacial score (nSPS) is 14.8. The van der Waals surface area contributed by atoms with Gasteiger partial charge in [-0.25, -0.2) is 9.13 Å². The lowest BCUT2D eigenvalue weighted by Crippen LogP contribution is -2.30. The Morgan fingerprint density at radius 3 is 0.796 bits per heavy atom. The maximum Gasteiger partial charge on any atom is 0.472 e. The molecule has 17 nitrogen and oxygen atoms in total. The third-order valence-corrected chi connectivity index (χ3v) is 17.9. The van der Waals surface area contributed by atoms with Gasteiger partial charge in [0.1, 0.15) is 19.3 Å². The fourth-order valence-electron chi connectivity index (χ4n) is 9.95. The van der Waals surface area contributed by atoms with Gasteiger partial charge in [-0.15, -0.1) is 0 Å². The minimum atomic E-state index is -5.02. The molecular weight excluding hydrogens is 1400 g/mol. The molecule has 0 heterocycles. The number of carbonyl (C=O) groups is 4. The Morgan fingerprint density at radius 2 is 0.491 bits per heavy atom. The molecule has 0 aliphatic heterocycles. The summed E-state index contributed by atoms with van der Waals surface area (Å²) in [6.07, 6.45) is 97.0. The Morgan fingerprint density at radius 1 is 0.269 bits per heavy atom. The molecule has 0 spiro atoms. The lowest BCUT2D eigenvalue weighted by molar-refractivity contribution is -0.161. The number of phosphoric acid groups is 2. The highest BCUT2D eigenvalue weighted by Gasteiger charge is 2.30. The van der Waals surface area contributed by atoms with Crippen LogP contribution >= 0.6 is 15.6 Å². The van der Waals surface area contributed by atoms with E-state index < -0.39 is 97.5 Å². The number of phosphoric ester groups is 2. The van der Waals surface area contributed by atoms with E-state index in [1.807, 2.05) is 12.2 Å². The van der Waals surface area contributed by atoms with Crippen LogP contribution in [0.4, 0.5) is 0 Å². The van der Waals surface area contributed by atoms with Gasteiger partial charge in [0.2, 0.25) is 0 Å². The second-order valence-corrected chi connectivity index (χ2v) is 29.1. The first kappa shape index (κ1) is 102. The summed E-state index contributed by atoms with van der Waals surface area (Å²) in [5.41, 5.74) is 0. The van der Waals surface area contributed by atoms with E-state index >= 15 is 0 Å². The fourth-order valence-corrected chi connectivity index (χ4v) is 11.5. The molecule has 0 radical (unpaired) electrons. The summed E-state index contributed by atoms with van der Waals surface area (Å²) in [7, 11) is -10.0. The standard InChI is InChI=1S/C89H142O17P2/c1-5-9-13-17-21-25-29-33-37-40-41-44-47-50-54-58-62-66-70-74-87(92)100-80-85(106-89(94)76-72-68-64-60-56-52-48-43-39-35-31-27-23-19-15-11-7-3)82-104-108(97,98)102-78-83(90)77-101-107(95,96)103-81-84(105-88(93)75-71-67-63-59-55-51-45-36-32-28-24-20-16-12-8-4)79-99-86(91)73-69-65-61-57-53-49-46-42-38-34-30-26-22-18-14-10-6-2/h10-12,14-16,21-28,33-39,41,44-46,48-49,52,55,57,59,61,83-85,90H,5-9,13,17-20,29-32,40,42-43,47,50-51,53-54,56,58,60,62-82H2,1-4H3,(H,95,96)(H,97,98)/b14-10-,15-11-,16-12-,25-21-,26-22-,27-23-,28-24-,37-33-,38-34-,39-35-,44-41-,45-36-,49-46-,52-48-,59-55-,61-57-. The second kappa shape index (κ2) is 79.0. The van der Waals surface area contributed by atoms with Crippen LogP contribution in [-0.4, -0.2) is 96.7 Å². The van der Waals surface area contributed by atoms with Gasteiger partial charge in [-0.05, 0) is 180 Å². The zero-order valence-electron chi connectivity index (χ0n) is 66.7. The van der Waals surface area contributed by atoms with Gasteiger partial charge in [0.05, 0.1) is 26.4 Å². The topological polar surface area (TPSA) is 237 Å². The average Bonchev–Trinajstić information content (AvgIpc) is 0.906. The van der Waals surface area contributed by atoms with E-state index in [2.05, 4.69) is 210 Å². The smallest absolute Gasteiger partial charge is 0.462 e. The maximum atomic E-state index is 13.1. The Bertz CT molecular complexity index is 2810. The number of aliphatic hydroxyl groups is 1. The Labute approximate surface area is 653 Å². The number of carbonyl (C=O) groups excluding carboxylic acids is 4.